The van der Waals surface area contributed by atoms with Crippen LogP contribution < -0.4 is 5.32 Å². The Morgan fingerprint density at radius 2 is 2.08 bits per heavy atom. The van der Waals surface area contributed by atoms with Gasteiger partial charge in [-0.1, -0.05) is 30.3 Å². The molecule has 0 radical (unpaired) electrons. The molecule has 0 spiro atoms. The highest BCUT2D eigenvalue weighted by Gasteiger charge is 2.32. The third-order valence-corrected chi connectivity index (χ3v) is 4.70. The predicted molar refractivity (Wildman–Crippen MR) is 92.6 cm³/mol. The van der Waals surface area contributed by atoms with E-state index in [4.69, 9.17) is 0 Å². The van der Waals surface area contributed by atoms with Crippen LogP contribution in [0.1, 0.15) is 31.9 Å². The van der Waals surface area contributed by atoms with Crippen molar-refractivity contribution in [1.82, 2.24) is 15.1 Å². The van der Waals surface area contributed by atoms with Crippen molar-refractivity contribution in [2.24, 2.45) is 0 Å². The molecular weight excluding hydrogens is 306 g/mol. The molecule has 132 valence electrons. The molecule has 1 aromatic carbocycles. The van der Waals surface area contributed by atoms with Gasteiger partial charge in [-0.15, -0.1) is 0 Å². The normalized spacial score (nSPS) is 18.9. The van der Waals surface area contributed by atoms with Gasteiger partial charge in [-0.25, -0.2) is 4.79 Å². The van der Waals surface area contributed by atoms with Crippen molar-refractivity contribution >= 4 is 12.0 Å². The summed E-state index contributed by atoms with van der Waals surface area (Å²) in [4.78, 5) is 27.8. The first-order valence-electron chi connectivity index (χ1n) is 8.47. The molecule has 1 fully saturated rings. The van der Waals surface area contributed by atoms with E-state index in [1.54, 1.807) is 0 Å². The zero-order chi connectivity index (χ0) is 17.5. The molecular formula is C18H27N3O3. The van der Waals surface area contributed by atoms with Gasteiger partial charge in [0.1, 0.15) is 6.54 Å². The van der Waals surface area contributed by atoms with E-state index in [-0.39, 0.29) is 18.5 Å². The second-order valence-electron chi connectivity index (χ2n) is 6.05. The highest BCUT2D eigenvalue weighted by Crippen LogP contribution is 2.26. The number of likely N-dealkylation sites (N-methyl/N-ethyl adjacent to an activating group) is 1. The van der Waals surface area contributed by atoms with Crippen LogP contribution in [-0.2, 0) is 9.53 Å². The molecule has 0 aliphatic carbocycles. The van der Waals surface area contributed by atoms with Crippen LogP contribution in [0.3, 0.4) is 0 Å². The Kier molecular flexibility index (Phi) is 6.61. The lowest BCUT2D eigenvalue weighted by atomic mass is 10.1. The summed E-state index contributed by atoms with van der Waals surface area (Å²) in [5.41, 5.74) is 1.29. The van der Waals surface area contributed by atoms with Crippen molar-refractivity contribution in [2.75, 3.05) is 33.3 Å². The second-order valence-corrected chi connectivity index (χ2v) is 6.05. The van der Waals surface area contributed by atoms with Crippen molar-refractivity contribution in [3.05, 3.63) is 35.9 Å². The Labute approximate surface area is 143 Å². The Hall–Kier alpha value is -2.08. The highest BCUT2D eigenvalue weighted by molar-refractivity contribution is 5.82. The van der Waals surface area contributed by atoms with Crippen LogP contribution in [-0.4, -0.2) is 61.1 Å². The second kappa shape index (κ2) is 8.68. The van der Waals surface area contributed by atoms with Gasteiger partial charge in [-0.05, 0) is 25.8 Å². The lowest BCUT2D eigenvalue weighted by molar-refractivity contribution is -0.132. The average Bonchev–Trinajstić information content (AvgIpc) is 3.10. The van der Waals surface area contributed by atoms with Crippen molar-refractivity contribution in [1.29, 1.82) is 0 Å². The summed E-state index contributed by atoms with van der Waals surface area (Å²) in [6.07, 6.45) is 0.375. The maximum absolute atomic E-state index is 12.4. The summed E-state index contributed by atoms with van der Waals surface area (Å²) in [6, 6.07) is 10.9. The predicted octanol–water partition coefficient (Wildman–Crippen LogP) is 2.03. The van der Waals surface area contributed by atoms with Crippen LogP contribution >= 0.6 is 0 Å². The van der Waals surface area contributed by atoms with Crippen molar-refractivity contribution in [3.63, 3.8) is 0 Å². The van der Waals surface area contributed by atoms with Gasteiger partial charge in [0.15, 0.2) is 0 Å². The standard InChI is InChI=1S/C18H27N3O3/c1-4-21(17(22)12-19-18(23)24-3)16-10-11-20(13-16)14(2)15-8-6-5-7-9-15/h5-9,14,16H,4,10-13H2,1-3H3,(H,19,23)/t14-,16-/m1/s1. The van der Waals surface area contributed by atoms with Crippen LogP contribution in [0, 0.1) is 0 Å². The third-order valence-electron chi connectivity index (χ3n) is 4.70. The molecule has 1 aliphatic heterocycles. The van der Waals surface area contributed by atoms with Gasteiger partial charge < -0.3 is 15.0 Å². The Morgan fingerprint density at radius 1 is 1.38 bits per heavy atom. The number of nitrogens with zero attached hydrogens (tertiary/aromatic N) is 2. The highest BCUT2D eigenvalue weighted by atomic mass is 16.5. The number of alkyl carbamates (subject to hydrolysis) is 1. The van der Waals surface area contributed by atoms with E-state index in [2.05, 4.69) is 46.1 Å². The molecule has 1 aliphatic rings. The van der Waals surface area contributed by atoms with E-state index >= 15 is 0 Å². The Morgan fingerprint density at radius 3 is 2.71 bits per heavy atom. The minimum absolute atomic E-state index is 0.0226. The van der Waals surface area contributed by atoms with Gasteiger partial charge in [0.05, 0.1) is 7.11 Å². The fourth-order valence-corrected chi connectivity index (χ4v) is 3.28. The quantitative estimate of drug-likeness (QED) is 0.865. The maximum Gasteiger partial charge on any atom is 0.407 e. The monoisotopic (exact) mass is 333 g/mol. The van der Waals surface area contributed by atoms with Crippen LogP contribution in [0.2, 0.25) is 0 Å². The van der Waals surface area contributed by atoms with Gasteiger partial charge in [-0.2, -0.15) is 0 Å². The minimum Gasteiger partial charge on any atom is -0.453 e. The number of amides is 2. The van der Waals surface area contributed by atoms with Crippen LogP contribution in [0.25, 0.3) is 0 Å². The van der Waals surface area contributed by atoms with Gasteiger partial charge in [0, 0.05) is 31.7 Å². The largest absolute Gasteiger partial charge is 0.453 e. The fraction of sp³-hybridized carbons (Fsp3) is 0.556. The molecule has 24 heavy (non-hydrogen) atoms. The number of likely N-dealkylation sites (tertiary alicyclic amines) is 1. The van der Waals surface area contributed by atoms with Crippen LogP contribution in [0.4, 0.5) is 4.79 Å². The maximum atomic E-state index is 12.4. The number of nitrogens with one attached hydrogen (secondary N) is 1. The summed E-state index contributed by atoms with van der Waals surface area (Å²) >= 11 is 0. The molecule has 6 heteroatoms. The van der Waals surface area contributed by atoms with E-state index < -0.39 is 6.09 Å². The van der Waals surface area contributed by atoms with Crippen LogP contribution in [0.15, 0.2) is 30.3 Å². The van der Waals surface area contributed by atoms with E-state index in [0.717, 1.165) is 19.5 Å². The van der Waals surface area contributed by atoms with Gasteiger partial charge in [0.2, 0.25) is 5.91 Å². The molecule has 2 rings (SSSR count). The molecule has 0 bridgehead atoms. The summed E-state index contributed by atoms with van der Waals surface area (Å²) < 4.78 is 4.51. The van der Waals surface area contributed by atoms with Crippen molar-refractivity contribution in [3.8, 4) is 0 Å². The van der Waals surface area contributed by atoms with E-state index in [1.165, 1.54) is 12.7 Å². The van der Waals surface area contributed by atoms with E-state index in [1.807, 2.05) is 17.9 Å². The van der Waals surface area contributed by atoms with Gasteiger partial charge in [0.25, 0.3) is 0 Å². The molecule has 1 aromatic rings. The molecule has 0 aromatic heterocycles. The molecule has 2 amide bonds. The summed E-state index contributed by atoms with van der Waals surface area (Å²) in [7, 11) is 1.29. The van der Waals surface area contributed by atoms with Crippen LogP contribution in [0.5, 0.6) is 0 Å². The topological polar surface area (TPSA) is 61.9 Å². The number of carbonyl (C=O) groups is 2. The number of ether oxygens (including phenoxy) is 1. The molecule has 2 atom stereocenters. The first-order chi connectivity index (χ1) is 11.6. The van der Waals surface area contributed by atoms with E-state index in [0.29, 0.717) is 12.6 Å². The zero-order valence-electron chi connectivity index (χ0n) is 14.7. The number of rotatable bonds is 6. The van der Waals surface area contributed by atoms with Crippen molar-refractivity contribution in [2.45, 2.75) is 32.4 Å². The average molecular weight is 333 g/mol. The first kappa shape index (κ1) is 18.3. The lowest BCUT2D eigenvalue weighted by Gasteiger charge is -2.30. The molecule has 0 unspecified atom stereocenters. The molecule has 1 saturated heterocycles. The summed E-state index contributed by atoms with van der Waals surface area (Å²) in [5.74, 6) is -0.0675. The smallest absolute Gasteiger partial charge is 0.407 e. The van der Waals surface area contributed by atoms with Gasteiger partial charge >= 0.3 is 6.09 Å². The number of carbonyl (C=O) groups excluding carboxylic acids is 2. The third kappa shape index (κ3) is 4.47. The fourth-order valence-electron chi connectivity index (χ4n) is 3.28. The van der Waals surface area contributed by atoms with E-state index in [9.17, 15) is 9.59 Å². The molecule has 6 nitrogen and oxygen atoms in total. The number of hydrogen-bond donors (Lipinski definition) is 1. The number of benzene rings is 1. The number of hydrogen-bond acceptors (Lipinski definition) is 4. The molecule has 1 heterocycles. The SMILES string of the molecule is CCN(C(=O)CNC(=O)OC)[C@@H]1CCN([C@H](C)c2ccccc2)C1. The van der Waals surface area contributed by atoms with Crippen molar-refractivity contribution < 1.29 is 14.3 Å². The summed E-state index contributed by atoms with van der Waals surface area (Å²) in [5, 5.41) is 2.46. The lowest BCUT2D eigenvalue weighted by Crippen LogP contribution is -2.46. The molecule has 0 saturated carbocycles. The number of methoxy groups -OCH3 is 1. The Bertz CT molecular complexity index is 550. The first-order valence-corrected chi connectivity index (χ1v) is 8.47. The Balaban J connectivity index is 1.92. The zero-order valence-corrected chi connectivity index (χ0v) is 14.7. The molecule has 1 N–H and O–H groups in total. The van der Waals surface area contributed by atoms with Gasteiger partial charge in [-0.3, -0.25) is 9.69 Å². The summed E-state index contributed by atoms with van der Waals surface area (Å²) in [6.45, 7) is 6.61. The minimum atomic E-state index is -0.579.